The highest BCUT2D eigenvalue weighted by Gasteiger charge is 2.29. The summed E-state index contributed by atoms with van der Waals surface area (Å²) in [6.45, 7) is 7.48. The van der Waals surface area contributed by atoms with Crippen LogP contribution in [0.2, 0.25) is 0 Å². The molecule has 1 aromatic heterocycles. The Morgan fingerprint density at radius 3 is 2.06 bits per heavy atom. The summed E-state index contributed by atoms with van der Waals surface area (Å²) < 4.78 is 11.0. The number of benzene rings is 2. The summed E-state index contributed by atoms with van der Waals surface area (Å²) in [5.74, 6) is -1.73. The molecule has 1 heterocycles. The fourth-order valence-electron chi connectivity index (χ4n) is 2.89. The summed E-state index contributed by atoms with van der Waals surface area (Å²) >= 11 is 0. The van der Waals surface area contributed by atoms with Crippen LogP contribution in [0.15, 0.2) is 67.0 Å². The highest BCUT2D eigenvalue weighted by molar-refractivity contribution is 6.01. The number of carbonyl (C=O) groups excluding carboxylic acids is 3. The average molecular weight is 447 g/mol. The Labute approximate surface area is 192 Å². The molecule has 0 aliphatic carbocycles. The van der Waals surface area contributed by atoms with E-state index in [1.165, 1.54) is 36.7 Å². The number of aromatic nitrogens is 1. The van der Waals surface area contributed by atoms with Gasteiger partial charge in [0.05, 0.1) is 17.2 Å². The molecule has 1 unspecified atom stereocenters. The average Bonchev–Trinajstić information content (AvgIpc) is 2.79. The van der Waals surface area contributed by atoms with Gasteiger partial charge in [-0.1, -0.05) is 38.5 Å². The van der Waals surface area contributed by atoms with Crippen LogP contribution < -0.4 is 15.2 Å². The number of ether oxygens (including phenoxy) is 2. The summed E-state index contributed by atoms with van der Waals surface area (Å²) in [5.41, 5.74) is 7.42. The monoisotopic (exact) mass is 446 g/mol. The molecular formula is C26H26N2O5. The zero-order valence-corrected chi connectivity index (χ0v) is 19.0. The molecule has 3 rings (SSSR count). The van der Waals surface area contributed by atoms with Crippen molar-refractivity contribution in [3.05, 3.63) is 89.2 Å². The van der Waals surface area contributed by atoms with E-state index in [9.17, 15) is 14.4 Å². The summed E-state index contributed by atoms with van der Waals surface area (Å²) in [4.78, 5) is 42.1. The molecule has 2 N–H and O–H groups in total. The SMILES string of the molecule is Cc1ccc(C(=O)Oc2ccc(C(=O)C(N)C(C)(C)C)cc2OC(=O)c2cccnc2)cc1. The highest BCUT2D eigenvalue weighted by Crippen LogP contribution is 2.32. The van der Waals surface area contributed by atoms with Gasteiger partial charge in [0, 0.05) is 18.0 Å². The van der Waals surface area contributed by atoms with Gasteiger partial charge in [0.2, 0.25) is 0 Å². The van der Waals surface area contributed by atoms with Crippen LogP contribution in [0, 0.1) is 12.3 Å². The predicted octanol–water partition coefficient (Wildman–Crippen LogP) is 4.38. The van der Waals surface area contributed by atoms with E-state index in [1.807, 2.05) is 27.7 Å². The number of esters is 2. The molecule has 0 bridgehead atoms. The molecule has 2 aromatic carbocycles. The van der Waals surface area contributed by atoms with Crippen molar-refractivity contribution < 1.29 is 23.9 Å². The lowest BCUT2D eigenvalue weighted by Gasteiger charge is -2.25. The van der Waals surface area contributed by atoms with Gasteiger partial charge in [-0.05, 0) is 54.8 Å². The zero-order chi connectivity index (χ0) is 24.2. The van der Waals surface area contributed by atoms with Gasteiger partial charge in [-0.3, -0.25) is 9.78 Å². The fourth-order valence-corrected chi connectivity index (χ4v) is 2.89. The molecule has 33 heavy (non-hydrogen) atoms. The van der Waals surface area contributed by atoms with Gasteiger partial charge in [-0.2, -0.15) is 0 Å². The first kappa shape index (κ1) is 23.8. The molecular weight excluding hydrogens is 420 g/mol. The van der Waals surface area contributed by atoms with Crippen molar-refractivity contribution in [1.82, 2.24) is 4.98 Å². The maximum absolute atomic E-state index is 12.9. The quantitative estimate of drug-likeness (QED) is 0.340. The first-order valence-corrected chi connectivity index (χ1v) is 10.4. The summed E-state index contributed by atoms with van der Waals surface area (Å²) in [6, 6.07) is 13.5. The molecule has 0 amide bonds. The number of nitrogens with two attached hydrogens (primary N) is 1. The normalized spacial score (nSPS) is 12.0. The maximum Gasteiger partial charge on any atom is 0.345 e. The number of Topliss-reactive ketones (excluding diaryl/α,β-unsaturated/α-hetero) is 1. The Kier molecular flexibility index (Phi) is 7.04. The van der Waals surface area contributed by atoms with E-state index in [2.05, 4.69) is 4.98 Å². The smallest absolute Gasteiger partial charge is 0.345 e. The van der Waals surface area contributed by atoms with Gasteiger partial charge >= 0.3 is 11.9 Å². The Hall–Kier alpha value is -3.84. The van der Waals surface area contributed by atoms with E-state index in [4.69, 9.17) is 15.2 Å². The van der Waals surface area contributed by atoms with Crippen molar-refractivity contribution in [1.29, 1.82) is 0 Å². The molecule has 3 aromatic rings. The van der Waals surface area contributed by atoms with Crippen LogP contribution in [0.25, 0.3) is 0 Å². The van der Waals surface area contributed by atoms with Crippen molar-refractivity contribution in [2.24, 2.45) is 11.1 Å². The zero-order valence-electron chi connectivity index (χ0n) is 19.0. The minimum absolute atomic E-state index is 0.00121. The molecule has 0 aliphatic heterocycles. The lowest BCUT2D eigenvalue weighted by molar-refractivity contribution is 0.0681. The lowest BCUT2D eigenvalue weighted by atomic mass is 9.83. The first-order chi connectivity index (χ1) is 15.6. The number of pyridine rings is 1. The van der Waals surface area contributed by atoms with Crippen LogP contribution in [-0.2, 0) is 0 Å². The van der Waals surface area contributed by atoms with Crippen molar-refractivity contribution in [2.75, 3.05) is 0 Å². The summed E-state index contributed by atoms with van der Waals surface area (Å²) in [5, 5.41) is 0. The molecule has 7 nitrogen and oxygen atoms in total. The van der Waals surface area contributed by atoms with Crippen LogP contribution >= 0.6 is 0 Å². The van der Waals surface area contributed by atoms with E-state index in [1.54, 1.807) is 30.3 Å². The number of rotatable bonds is 6. The standard InChI is InChI=1S/C26H26N2O5/c1-16-7-9-17(10-8-16)24(30)32-20-12-11-18(22(29)23(27)26(2,3)4)14-21(20)33-25(31)19-6-5-13-28-15-19/h5-15,23H,27H2,1-4H3. The maximum atomic E-state index is 12.9. The summed E-state index contributed by atoms with van der Waals surface area (Å²) in [7, 11) is 0. The minimum Gasteiger partial charge on any atom is -0.419 e. The molecule has 0 saturated heterocycles. The second-order valence-electron chi connectivity index (χ2n) is 8.76. The van der Waals surface area contributed by atoms with E-state index < -0.39 is 23.4 Å². The van der Waals surface area contributed by atoms with E-state index in [0.29, 0.717) is 5.56 Å². The van der Waals surface area contributed by atoms with E-state index in [0.717, 1.165) is 5.56 Å². The van der Waals surface area contributed by atoms with E-state index in [-0.39, 0.29) is 28.4 Å². The van der Waals surface area contributed by atoms with Gasteiger partial charge < -0.3 is 15.2 Å². The lowest BCUT2D eigenvalue weighted by Crippen LogP contribution is -2.42. The van der Waals surface area contributed by atoms with Gasteiger partial charge in [-0.25, -0.2) is 9.59 Å². The van der Waals surface area contributed by atoms with Crippen molar-refractivity contribution in [3.8, 4) is 11.5 Å². The largest absolute Gasteiger partial charge is 0.419 e. The highest BCUT2D eigenvalue weighted by atomic mass is 16.6. The second-order valence-corrected chi connectivity index (χ2v) is 8.76. The molecule has 1 atom stereocenters. The second kappa shape index (κ2) is 9.75. The van der Waals surface area contributed by atoms with E-state index >= 15 is 0 Å². The van der Waals surface area contributed by atoms with Crippen LogP contribution in [0.1, 0.15) is 57.4 Å². The number of aryl methyl sites for hydroxylation is 1. The van der Waals surface area contributed by atoms with Gasteiger partial charge in [-0.15, -0.1) is 0 Å². The molecule has 7 heteroatoms. The number of ketones is 1. The Balaban J connectivity index is 1.95. The van der Waals surface area contributed by atoms with Crippen molar-refractivity contribution in [2.45, 2.75) is 33.7 Å². The van der Waals surface area contributed by atoms with Crippen molar-refractivity contribution >= 4 is 17.7 Å². The topological polar surface area (TPSA) is 109 Å². The molecule has 0 saturated carbocycles. The minimum atomic E-state index is -0.777. The Bertz CT molecular complexity index is 1170. The molecule has 0 aliphatic rings. The van der Waals surface area contributed by atoms with Crippen LogP contribution in [0.4, 0.5) is 0 Å². The van der Waals surface area contributed by atoms with Gasteiger partial charge in [0.15, 0.2) is 17.3 Å². The third kappa shape index (κ3) is 5.90. The van der Waals surface area contributed by atoms with Gasteiger partial charge in [0.1, 0.15) is 0 Å². The molecule has 0 radical (unpaired) electrons. The molecule has 170 valence electrons. The number of nitrogens with zero attached hydrogens (tertiary/aromatic N) is 1. The predicted molar refractivity (Wildman–Crippen MR) is 124 cm³/mol. The Morgan fingerprint density at radius 1 is 0.848 bits per heavy atom. The van der Waals surface area contributed by atoms with Crippen LogP contribution in [0.3, 0.4) is 0 Å². The fraction of sp³-hybridized carbons (Fsp3) is 0.231. The van der Waals surface area contributed by atoms with Gasteiger partial charge in [0.25, 0.3) is 0 Å². The van der Waals surface area contributed by atoms with Crippen LogP contribution in [-0.4, -0.2) is 28.7 Å². The molecule has 0 fully saturated rings. The van der Waals surface area contributed by atoms with Crippen LogP contribution in [0.5, 0.6) is 11.5 Å². The molecule has 0 spiro atoms. The first-order valence-electron chi connectivity index (χ1n) is 10.4. The van der Waals surface area contributed by atoms with Crippen molar-refractivity contribution in [3.63, 3.8) is 0 Å². The number of carbonyl (C=O) groups is 3. The summed E-state index contributed by atoms with van der Waals surface area (Å²) in [6.07, 6.45) is 2.88. The third-order valence-electron chi connectivity index (χ3n) is 5.03. The number of hydrogen-bond acceptors (Lipinski definition) is 7. The Morgan fingerprint density at radius 2 is 1.45 bits per heavy atom. The third-order valence-corrected chi connectivity index (χ3v) is 5.03. The number of hydrogen-bond donors (Lipinski definition) is 1.